The molecule has 0 fully saturated rings. The van der Waals surface area contributed by atoms with Gasteiger partial charge in [0.05, 0.1) is 11.3 Å². The van der Waals surface area contributed by atoms with Gasteiger partial charge < -0.3 is 10.6 Å². The summed E-state index contributed by atoms with van der Waals surface area (Å²) in [6.45, 7) is 0.302. The minimum absolute atomic E-state index is 0.160. The van der Waals surface area contributed by atoms with Gasteiger partial charge in [0.2, 0.25) is 5.78 Å². The highest BCUT2D eigenvalue weighted by atomic mass is 16.2. The average molecular weight is 544 g/mol. The zero-order valence-electron chi connectivity index (χ0n) is 22.3. The van der Waals surface area contributed by atoms with Gasteiger partial charge in [-0.2, -0.15) is 5.10 Å². The molecule has 2 heterocycles. The van der Waals surface area contributed by atoms with E-state index in [4.69, 9.17) is 0 Å². The van der Waals surface area contributed by atoms with Gasteiger partial charge in [-0.3, -0.25) is 14.4 Å². The summed E-state index contributed by atoms with van der Waals surface area (Å²) in [5, 5.41) is 10.1. The van der Waals surface area contributed by atoms with Crippen molar-refractivity contribution in [3.63, 3.8) is 0 Å². The largest absolute Gasteiger partial charge is 0.349 e. The summed E-state index contributed by atoms with van der Waals surface area (Å²) in [4.78, 5) is 44.1. The zero-order chi connectivity index (χ0) is 28.4. The van der Waals surface area contributed by atoms with Crippen LogP contribution in [0.1, 0.15) is 21.5 Å². The Morgan fingerprint density at radius 1 is 0.756 bits per heavy atom. The van der Waals surface area contributed by atoms with Crippen LogP contribution in [0.25, 0.3) is 17.1 Å². The number of aromatic nitrogens is 3. The van der Waals surface area contributed by atoms with Crippen molar-refractivity contribution in [1.29, 1.82) is 0 Å². The summed E-state index contributed by atoms with van der Waals surface area (Å²) in [6.07, 6.45) is 4.05. The molecule has 0 aliphatic heterocycles. The Hall–Kier alpha value is -5.37. The number of benzene rings is 3. The molecule has 0 radical (unpaired) electrons. The molecule has 1 atom stereocenters. The maximum atomic E-state index is 13.6. The van der Waals surface area contributed by atoms with E-state index < -0.39 is 23.6 Å². The molecule has 0 aliphatic rings. The third-order valence-electron chi connectivity index (χ3n) is 6.58. The number of carbonyl (C=O) groups is 3. The van der Waals surface area contributed by atoms with E-state index in [1.54, 1.807) is 24.5 Å². The number of ketones is 1. The monoisotopic (exact) mass is 543 g/mol. The normalized spacial score (nSPS) is 11.4. The molecule has 8 heteroatoms. The first-order chi connectivity index (χ1) is 20.1. The van der Waals surface area contributed by atoms with Crippen molar-refractivity contribution in [3.8, 4) is 17.1 Å². The van der Waals surface area contributed by atoms with Crippen molar-refractivity contribution in [2.24, 2.45) is 0 Å². The summed E-state index contributed by atoms with van der Waals surface area (Å²) in [5.41, 5.74) is 3.75. The number of hydrogen-bond acceptors (Lipinski definition) is 5. The van der Waals surface area contributed by atoms with E-state index in [2.05, 4.69) is 20.7 Å². The Bertz CT molecular complexity index is 1620. The lowest BCUT2D eigenvalue weighted by atomic mass is 10.0. The van der Waals surface area contributed by atoms with Crippen molar-refractivity contribution in [1.82, 2.24) is 25.4 Å². The summed E-state index contributed by atoms with van der Waals surface area (Å²) in [7, 11) is 0. The average Bonchev–Trinajstić information content (AvgIpc) is 3.52. The van der Waals surface area contributed by atoms with Crippen molar-refractivity contribution < 1.29 is 14.4 Å². The van der Waals surface area contributed by atoms with Crippen LogP contribution >= 0.6 is 0 Å². The van der Waals surface area contributed by atoms with Crippen LogP contribution in [0.4, 0.5) is 0 Å². The maximum absolute atomic E-state index is 13.6. The molecule has 0 saturated heterocycles. The zero-order valence-corrected chi connectivity index (χ0v) is 22.3. The Balaban J connectivity index is 1.34. The quantitative estimate of drug-likeness (QED) is 0.243. The van der Waals surface area contributed by atoms with Gasteiger partial charge in [-0.15, -0.1) is 0 Å². The van der Waals surface area contributed by atoms with Gasteiger partial charge >= 0.3 is 0 Å². The molecule has 2 aromatic heterocycles. The molecule has 2 N–H and O–H groups in total. The van der Waals surface area contributed by atoms with Crippen LogP contribution in [0.5, 0.6) is 0 Å². The van der Waals surface area contributed by atoms with E-state index in [0.717, 1.165) is 22.4 Å². The molecule has 8 nitrogen and oxygen atoms in total. The molecular formula is C33H29N5O3. The lowest BCUT2D eigenvalue weighted by molar-refractivity contribution is -0.138. The molecular weight excluding hydrogens is 514 g/mol. The van der Waals surface area contributed by atoms with Crippen molar-refractivity contribution >= 4 is 17.6 Å². The van der Waals surface area contributed by atoms with Crippen LogP contribution in [-0.2, 0) is 22.4 Å². The molecule has 0 saturated carbocycles. The molecule has 0 bridgehead atoms. The Labute approximate surface area is 238 Å². The molecule has 5 aromatic rings. The smallest absolute Gasteiger partial charge is 0.289 e. The van der Waals surface area contributed by atoms with Gasteiger partial charge in [0.1, 0.15) is 6.04 Å². The van der Waals surface area contributed by atoms with Crippen LogP contribution in [-0.4, -0.2) is 44.9 Å². The van der Waals surface area contributed by atoms with Crippen molar-refractivity contribution in [2.75, 3.05) is 6.54 Å². The van der Waals surface area contributed by atoms with E-state index in [0.29, 0.717) is 18.8 Å². The highest BCUT2D eigenvalue weighted by molar-refractivity contribution is 6.38. The Morgan fingerprint density at radius 3 is 2.12 bits per heavy atom. The number of carbonyl (C=O) groups excluding carboxylic acids is 3. The second kappa shape index (κ2) is 13.1. The van der Waals surface area contributed by atoms with Gasteiger partial charge in [0, 0.05) is 30.9 Å². The van der Waals surface area contributed by atoms with E-state index in [1.165, 1.54) is 4.68 Å². The van der Waals surface area contributed by atoms with E-state index in [9.17, 15) is 14.4 Å². The molecule has 5 rings (SSSR count). The Kier molecular flexibility index (Phi) is 8.71. The maximum Gasteiger partial charge on any atom is 0.289 e. The summed E-state index contributed by atoms with van der Waals surface area (Å²) >= 11 is 0. The fourth-order valence-corrected chi connectivity index (χ4v) is 4.47. The van der Waals surface area contributed by atoms with E-state index in [-0.39, 0.29) is 12.0 Å². The van der Waals surface area contributed by atoms with Gasteiger partial charge in [-0.05, 0) is 35.7 Å². The molecule has 0 spiro atoms. The minimum atomic E-state index is -1.08. The van der Waals surface area contributed by atoms with Gasteiger partial charge in [-0.25, -0.2) is 9.67 Å². The SMILES string of the molecule is O=C(NCCc1ccccc1)C(=O)C(Cc1ccccc1)NC(=O)c1cccnc1-n1ccc(-c2ccccc2)n1. The first-order valence-electron chi connectivity index (χ1n) is 13.4. The Morgan fingerprint density at radius 2 is 1.41 bits per heavy atom. The molecule has 1 unspecified atom stereocenters. The van der Waals surface area contributed by atoms with Crippen molar-refractivity contribution in [3.05, 3.63) is 138 Å². The predicted molar refractivity (Wildman–Crippen MR) is 156 cm³/mol. The summed E-state index contributed by atoms with van der Waals surface area (Å²) in [5.74, 6) is -1.68. The summed E-state index contributed by atoms with van der Waals surface area (Å²) < 4.78 is 1.53. The topological polar surface area (TPSA) is 106 Å². The first kappa shape index (κ1) is 27.2. The molecule has 41 heavy (non-hydrogen) atoms. The van der Waals surface area contributed by atoms with Crippen LogP contribution in [0.2, 0.25) is 0 Å². The lowest BCUT2D eigenvalue weighted by Crippen LogP contribution is -2.49. The van der Waals surface area contributed by atoms with E-state index in [1.807, 2.05) is 97.1 Å². The van der Waals surface area contributed by atoms with Crippen molar-refractivity contribution in [2.45, 2.75) is 18.9 Å². The first-order valence-corrected chi connectivity index (χ1v) is 13.4. The number of nitrogens with zero attached hydrogens (tertiary/aromatic N) is 3. The molecule has 0 aliphatic carbocycles. The van der Waals surface area contributed by atoms with Gasteiger partial charge in [0.25, 0.3) is 11.8 Å². The highest BCUT2D eigenvalue weighted by Crippen LogP contribution is 2.19. The fraction of sp³-hybridized carbons (Fsp3) is 0.121. The van der Waals surface area contributed by atoms with Crippen LogP contribution < -0.4 is 10.6 Å². The molecule has 3 aromatic carbocycles. The van der Waals surface area contributed by atoms with Crippen LogP contribution in [0.15, 0.2) is 122 Å². The number of nitrogens with one attached hydrogen (secondary N) is 2. The highest BCUT2D eigenvalue weighted by Gasteiger charge is 2.28. The number of hydrogen-bond donors (Lipinski definition) is 2. The number of pyridine rings is 1. The van der Waals surface area contributed by atoms with Gasteiger partial charge in [-0.1, -0.05) is 91.0 Å². The van der Waals surface area contributed by atoms with E-state index >= 15 is 0 Å². The van der Waals surface area contributed by atoms with Crippen LogP contribution in [0.3, 0.4) is 0 Å². The number of Topliss-reactive ketones (excluding diaryl/α,β-unsaturated/α-hetero) is 1. The third-order valence-corrected chi connectivity index (χ3v) is 6.58. The fourth-order valence-electron chi connectivity index (χ4n) is 4.47. The molecule has 2 amide bonds. The second-order valence-corrected chi connectivity index (χ2v) is 9.46. The number of rotatable bonds is 11. The summed E-state index contributed by atoms with van der Waals surface area (Å²) in [6, 6.07) is 32.6. The third kappa shape index (κ3) is 6.99. The standard InChI is InChI=1S/C33H29N5O3/c39-30(33(41)35-21-18-24-11-4-1-5-12-24)29(23-25-13-6-2-7-14-25)36-32(40)27-17-10-20-34-31(27)38-22-19-28(37-38)26-15-8-3-9-16-26/h1-17,19-20,22,29H,18,21,23H2,(H,35,41)(H,36,40). The lowest BCUT2D eigenvalue weighted by Gasteiger charge is -2.18. The molecule has 204 valence electrons. The number of amides is 2. The predicted octanol–water partition coefficient (Wildman–Crippen LogP) is 4.20. The van der Waals surface area contributed by atoms with Crippen LogP contribution in [0, 0.1) is 0 Å². The minimum Gasteiger partial charge on any atom is -0.349 e. The second-order valence-electron chi connectivity index (χ2n) is 9.46. The van der Waals surface area contributed by atoms with Gasteiger partial charge in [0.15, 0.2) is 5.82 Å².